The number of hydrogen-bond acceptors (Lipinski definition) is 2. The van der Waals surface area contributed by atoms with Crippen LogP contribution in [0.2, 0.25) is 0 Å². The second-order valence-corrected chi connectivity index (χ2v) is 3.00. The van der Waals surface area contributed by atoms with Crippen LogP contribution in [-0.2, 0) is 0 Å². The Kier molecular flexibility index (Phi) is 3.11. The van der Waals surface area contributed by atoms with Gasteiger partial charge in [-0.1, -0.05) is 18.2 Å². The van der Waals surface area contributed by atoms with E-state index in [2.05, 4.69) is 0 Å². The van der Waals surface area contributed by atoms with Crippen molar-refractivity contribution < 1.29 is 4.74 Å². The third kappa shape index (κ3) is 2.55. The summed E-state index contributed by atoms with van der Waals surface area (Å²) in [6.07, 6.45) is 0.0624. The Morgan fingerprint density at radius 3 is 2.25 bits per heavy atom. The molecule has 0 saturated heterocycles. The largest absolute Gasteiger partial charge is 0.489 e. The van der Waals surface area contributed by atoms with Crippen molar-refractivity contribution in [2.24, 2.45) is 5.73 Å². The smallest absolute Gasteiger partial charge is 0.119 e. The van der Waals surface area contributed by atoms with Crippen LogP contribution in [0.25, 0.3) is 0 Å². The summed E-state index contributed by atoms with van der Waals surface area (Å²) in [6.45, 7) is 3.91. The lowest BCUT2D eigenvalue weighted by Crippen LogP contribution is -2.33. The van der Waals surface area contributed by atoms with Crippen LogP contribution in [-0.4, -0.2) is 12.1 Å². The molecule has 0 spiro atoms. The van der Waals surface area contributed by atoms with Gasteiger partial charge in [-0.05, 0) is 26.0 Å². The van der Waals surface area contributed by atoms with Gasteiger partial charge in [-0.2, -0.15) is 0 Å². The molecule has 0 unspecified atom stereocenters. The Bertz CT molecular complexity index is 221. The topological polar surface area (TPSA) is 35.2 Å². The lowest BCUT2D eigenvalue weighted by atomic mass is 10.2. The van der Waals surface area contributed by atoms with Crippen LogP contribution in [0.15, 0.2) is 30.3 Å². The number of nitrogens with two attached hydrogens (primary N) is 1. The van der Waals surface area contributed by atoms with Crippen molar-refractivity contribution in [2.45, 2.75) is 26.0 Å². The molecule has 0 aromatic heterocycles. The van der Waals surface area contributed by atoms with Gasteiger partial charge in [0.1, 0.15) is 11.9 Å². The Balaban J connectivity index is 2.53. The fraction of sp³-hybridized carbons (Fsp3) is 0.400. The Hall–Kier alpha value is -1.02. The molecule has 1 aromatic rings. The second-order valence-electron chi connectivity index (χ2n) is 3.00. The van der Waals surface area contributed by atoms with E-state index in [4.69, 9.17) is 10.5 Å². The first-order chi connectivity index (χ1) is 5.70. The van der Waals surface area contributed by atoms with Gasteiger partial charge >= 0.3 is 0 Å². The molecule has 66 valence electrons. The Labute approximate surface area is 73.3 Å². The quantitative estimate of drug-likeness (QED) is 0.741. The molecule has 1 aromatic carbocycles. The van der Waals surface area contributed by atoms with E-state index < -0.39 is 0 Å². The molecule has 0 aliphatic rings. The molecule has 0 aliphatic carbocycles. The molecule has 0 heterocycles. The first kappa shape index (κ1) is 9.07. The minimum absolute atomic E-state index is 0.0604. The zero-order chi connectivity index (χ0) is 8.97. The van der Waals surface area contributed by atoms with Crippen molar-refractivity contribution in [3.63, 3.8) is 0 Å². The van der Waals surface area contributed by atoms with Gasteiger partial charge in [0.25, 0.3) is 0 Å². The molecule has 1 rings (SSSR count). The standard InChI is InChI=1S/C10H15NO/c1-8(11)9(2)12-10-6-4-3-5-7-10/h3-9H,11H2,1-2H3/t8-,9+/m0/s1. The van der Waals surface area contributed by atoms with E-state index in [0.29, 0.717) is 0 Å². The minimum Gasteiger partial charge on any atom is -0.489 e. The molecule has 2 heteroatoms. The summed E-state index contributed by atoms with van der Waals surface area (Å²) in [4.78, 5) is 0. The van der Waals surface area contributed by atoms with E-state index in [1.807, 2.05) is 44.2 Å². The van der Waals surface area contributed by atoms with E-state index in [1.54, 1.807) is 0 Å². The van der Waals surface area contributed by atoms with E-state index in [0.717, 1.165) is 5.75 Å². The molecular formula is C10H15NO. The fourth-order valence-electron chi connectivity index (χ4n) is 0.821. The molecule has 2 nitrogen and oxygen atoms in total. The van der Waals surface area contributed by atoms with Crippen molar-refractivity contribution in [1.82, 2.24) is 0 Å². The zero-order valence-corrected chi connectivity index (χ0v) is 7.53. The average Bonchev–Trinajstić information content (AvgIpc) is 2.06. The van der Waals surface area contributed by atoms with Crippen LogP contribution >= 0.6 is 0 Å². The maximum atomic E-state index is 5.66. The lowest BCUT2D eigenvalue weighted by Gasteiger charge is -2.17. The first-order valence-electron chi connectivity index (χ1n) is 4.17. The van der Waals surface area contributed by atoms with Gasteiger partial charge in [-0.15, -0.1) is 0 Å². The van der Waals surface area contributed by atoms with E-state index in [1.165, 1.54) is 0 Å². The molecule has 2 N–H and O–H groups in total. The highest BCUT2D eigenvalue weighted by Crippen LogP contribution is 2.11. The van der Waals surface area contributed by atoms with Crippen LogP contribution in [0.4, 0.5) is 0 Å². The summed E-state index contributed by atoms with van der Waals surface area (Å²) in [6, 6.07) is 9.78. The number of para-hydroxylation sites is 1. The number of ether oxygens (including phenoxy) is 1. The van der Waals surface area contributed by atoms with E-state index in [9.17, 15) is 0 Å². The van der Waals surface area contributed by atoms with Gasteiger partial charge in [-0.25, -0.2) is 0 Å². The number of hydrogen-bond donors (Lipinski definition) is 1. The SMILES string of the molecule is C[C@H](N)[C@@H](C)Oc1ccccc1. The van der Waals surface area contributed by atoms with Crippen molar-refractivity contribution in [1.29, 1.82) is 0 Å². The molecule has 0 aliphatic heterocycles. The summed E-state index contributed by atoms with van der Waals surface area (Å²) >= 11 is 0. The minimum atomic E-state index is 0.0604. The van der Waals surface area contributed by atoms with Gasteiger partial charge in [0.05, 0.1) is 0 Å². The van der Waals surface area contributed by atoms with E-state index in [-0.39, 0.29) is 12.1 Å². The third-order valence-electron chi connectivity index (χ3n) is 1.81. The molecule has 0 amide bonds. The van der Waals surface area contributed by atoms with Gasteiger partial charge < -0.3 is 10.5 Å². The summed E-state index contributed by atoms with van der Waals surface area (Å²) < 4.78 is 5.55. The van der Waals surface area contributed by atoms with Crippen LogP contribution in [0.1, 0.15) is 13.8 Å². The average molecular weight is 165 g/mol. The highest BCUT2D eigenvalue weighted by atomic mass is 16.5. The predicted molar refractivity (Wildman–Crippen MR) is 50.2 cm³/mol. The van der Waals surface area contributed by atoms with E-state index >= 15 is 0 Å². The summed E-state index contributed by atoms with van der Waals surface area (Å²) in [5.74, 6) is 0.877. The maximum absolute atomic E-state index is 5.66. The van der Waals surface area contributed by atoms with Crippen LogP contribution < -0.4 is 10.5 Å². The van der Waals surface area contributed by atoms with Crippen molar-refractivity contribution in [3.05, 3.63) is 30.3 Å². The number of rotatable bonds is 3. The normalized spacial score (nSPS) is 15.2. The van der Waals surface area contributed by atoms with Crippen LogP contribution in [0.5, 0.6) is 5.75 Å². The molecule has 0 saturated carbocycles. The fourth-order valence-corrected chi connectivity index (χ4v) is 0.821. The molecule has 0 radical (unpaired) electrons. The highest BCUT2D eigenvalue weighted by Gasteiger charge is 2.07. The van der Waals surface area contributed by atoms with Crippen molar-refractivity contribution in [2.75, 3.05) is 0 Å². The molecular weight excluding hydrogens is 150 g/mol. The van der Waals surface area contributed by atoms with Crippen LogP contribution in [0.3, 0.4) is 0 Å². The van der Waals surface area contributed by atoms with Crippen LogP contribution in [0, 0.1) is 0 Å². The monoisotopic (exact) mass is 165 g/mol. The molecule has 0 bridgehead atoms. The van der Waals surface area contributed by atoms with Crippen molar-refractivity contribution >= 4 is 0 Å². The van der Waals surface area contributed by atoms with Gasteiger partial charge in [0.15, 0.2) is 0 Å². The van der Waals surface area contributed by atoms with Gasteiger partial charge in [0, 0.05) is 6.04 Å². The molecule has 0 fully saturated rings. The summed E-state index contributed by atoms with van der Waals surface area (Å²) in [7, 11) is 0. The first-order valence-corrected chi connectivity index (χ1v) is 4.17. The van der Waals surface area contributed by atoms with Crippen molar-refractivity contribution in [3.8, 4) is 5.75 Å². The third-order valence-corrected chi connectivity index (χ3v) is 1.81. The zero-order valence-electron chi connectivity index (χ0n) is 7.53. The summed E-state index contributed by atoms with van der Waals surface area (Å²) in [5, 5.41) is 0. The molecule has 2 atom stereocenters. The predicted octanol–water partition coefficient (Wildman–Crippen LogP) is 1.80. The van der Waals surface area contributed by atoms with Gasteiger partial charge in [0.2, 0.25) is 0 Å². The Morgan fingerprint density at radius 2 is 1.75 bits per heavy atom. The summed E-state index contributed by atoms with van der Waals surface area (Å²) in [5.41, 5.74) is 5.66. The number of benzene rings is 1. The molecule has 12 heavy (non-hydrogen) atoms. The maximum Gasteiger partial charge on any atom is 0.119 e. The lowest BCUT2D eigenvalue weighted by molar-refractivity contribution is 0.196. The second kappa shape index (κ2) is 4.12. The van der Waals surface area contributed by atoms with Gasteiger partial charge in [-0.3, -0.25) is 0 Å². The highest BCUT2D eigenvalue weighted by molar-refractivity contribution is 5.21. The Morgan fingerprint density at radius 1 is 1.17 bits per heavy atom.